The van der Waals surface area contributed by atoms with Crippen LogP contribution in [-0.4, -0.2) is 50.9 Å². The number of nitrogens with zero attached hydrogens (tertiary/aromatic N) is 1. The second kappa shape index (κ2) is 9.13. The molecule has 29 heavy (non-hydrogen) atoms. The fraction of sp³-hybridized carbons (Fsp3) is 0.600. The first-order valence-corrected chi connectivity index (χ1v) is 11.5. The minimum atomic E-state index is -3.65. The van der Waals surface area contributed by atoms with Crippen molar-refractivity contribution in [2.24, 2.45) is 11.8 Å². The lowest BCUT2D eigenvalue weighted by Crippen LogP contribution is -2.35. The zero-order valence-corrected chi connectivity index (χ0v) is 17.7. The van der Waals surface area contributed by atoms with Crippen LogP contribution in [0.5, 0.6) is 5.75 Å². The number of nitrogens with one attached hydrogen (secondary N) is 1. The van der Waals surface area contributed by atoms with Crippen molar-refractivity contribution in [2.75, 3.05) is 31.6 Å². The molecule has 8 nitrogen and oxygen atoms in total. The molecule has 0 spiro atoms. The van der Waals surface area contributed by atoms with E-state index in [1.54, 1.807) is 6.92 Å². The molecule has 1 aromatic carbocycles. The van der Waals surface area contributed by atoms with E-state index in [2.05, 4.69) is 5.32 Å². The normalized spacial score (nSPS) is 22.0. The largest absolute Gasteiger partial charge is 0.492 e. The summed E-state index contributed by atoms with van der Waals surface area (Å²) < 4.78 is 37.9. The SMILES string of the molecule is CCOc1ccc(S(=O)(=O)N2CCCCC2)cc1NC(=O)COC(=O)[C@@H]1C[C@H]1C. The summed E-state index contributed by atoms with van der Waals surface area (Å²) in [6.07, 6.45) is 3.48. The van der Waals surface area contributed by atoms with Gasteiger partial charge in [0.05, 0.1) is 23.1 Å². The Balaban J connectivity index is 1.72. The third kappa shape index (κ3) is 5.27. The van der Waals surface area contributed by atoms with Crippen LogP contribution in [-0.2, 0) is 24.3 Å². The van der Waals surface area contributed by atoms with Gasteiger partial charge in [-0.05, 0) is 50.3 Å². The number of hydrogen-bond acceptors (Lipinski definition) is 6. The standard InChI is InChI=1S/C20H28N2O6S/c1-3-27-18-8-7-15(29(25,26)22-9-5-4-6-10-22)12-17(18)21-19(23)13-28-20(24)16-11-14(16)2/h7-8,12,14,16H,3-6,9-11,13H2,1-2H3,(H,21,23)/t14-,16-/m1/s1. The molecule has 0 unspecified atom stereocenters. The molecular formula is C20H28N2O6S. The van der Waals surface area contributed by atoms with Crippen molar-refractivity contribution in [2.45, 2.75) is 44.4 Å². The number of carbonyl (C=O) groups is 2. The summed E-state index contributed by atoms with van der Waals surface area (Å²) in [5, 5.41) is 2.61. The number of piperidine rings is 1. The van der Waals surface area contributed by atoms with E-state index in [0.29, 0.717) is 31.4 Å². The van der Waals surface area contributed by atoms with Crippen LogP contribution in [0.4, 0.5) is 5.69 Å². The molecule has 2 fully saturated rings. The van der Waals surface area contributed by atoms with Gasteiger partial charge in [0.1, 0.15) is 5.75 Å². The van der Waals surface area contributed by atoms with Gasteiger partial charge >= 0.3 is 5.97 Å². The minimum Gasteiger partial charge on any atom is -0.492 e. The lowest BCUT2D eigenvalue weighted by Gasteiger charge is -2.26. The van der Waals surface area contributed by atoms with Gasteiger partial charge in [-0.15, -0.1) is 0 Å². The van der Waals surface area contributed by atoms with Crippen molar-refractivity contribution in [3.8, 4) is 5.75 Å². The van der Waals surface area contributed by atoms with Crippen LogP contribution in [0.2, 0.25) is 0 Å². The maximum atomic E-state index is 12.9. The van der Waals surface area contributed by atoms with E-state index in [4.69, 9.17) is 9.47 Å². The topological polar surface area (TPSA) is 102 Å². The number of ether oxygens (including phenoxy) is 2. The van der Waals surface area contributed by atoms with Gasteiger partial charge in [0.2, 0.25) is 10.0 Å². The molecular weight excluding hydrogens is 396 g/mol. The number of anilines is 1. The van der Waals surface area contributed by atoms with Gasteiger partial charge in [0.25, 0.3) is 5.91 Å². The highest BCUT2D eigenvalue weighted by Gasteiger charge is 2.40. The van der Waals surface area contributed by atoms with Crippen LogP contribution < -0.4 is 10.1 Å². The zero-order chi connectivity index (χ0) is 21.0. The summed E-state index contributed by atoms with van der Waals surface area (Å²) in [5.74, 6) is -0.383. The van der Waals surface area contributed by atoms with E-state index >= 15 is 0 Å². The smallest absolute Gasteiger partial charge is 0.309 e. The Morgan fingerprint density at radius 2 is 1.90 bits per heavy atom. The van der Waals surface area contributed by atoms with E-state index in [1.165, 1.54) is 22.5 Å². The summed E-state index contributed by atoms with van der Waals surface area (Å²) in [6.45, 7) is 4.67. The molecule has 1 saturated heterocycles. The molecule has 160 valence electrons. The van der Waals surface area contributed by atoms with Crippen molar-refractivity contribution in [1.82, 2.24) is 4.31 Å². The van der Waals surface area contributed by atoms with E-state index in [-0.39, 0.29) is 22.5 Å². The second-order valence-electron chi connectivity index (χ2n) is 7.53. The summed E-state index contributed by atoms with van der Waals surface area (Å²) in [5.41, 5.74) is 0.241. The van der Waals surface area contributed by atoms with E-state index < -0.39 is 22.5 Å². The van der Waals surface area contributed by atoms with Gasteiger partial charge in [0, 0.05) is 13.1 Å². The van der Waals surface area contributed by atoms with Gasteiger partial charge in [-0.25, -0.2) is 8.42 Å². The van der Waals surface area contributed by atoms with Crippen molar-refractivity contribution in [3.63, 3.8) is 0 Å². The molecule has 1 amide bonds. The number of esters is 1. The summed E-state index contributed by atoms with van der Waals surface area (Å²) in [7, 11) is -3.65. The summed E-state index contributed by atoms with van der Waals surface area (Å²) >= 11 is 0. The Hall–Kier alpha value is -2.13. The van der Waals surface area contributed by atoms with Crippen LogP contribution >= 0.6 is 0 Å². The van der Waals surface area contributed by atoms with E-state index in [9.17, 15) is 18.0 Å². The Morgan fingerprint density at radius 1 is 1.21 bits per heavy atom. The molecule has 9 heteroatoms. The van der Waals surface area contributed by atoms with Crippen molar-refractivity contribution >= 4 is 27.6 Å². The van der Waals surface area contributed by atoms with Gasteiger partial charge in [-0.2, -0.15) is 4.31 Å². The third-order valence-corrected chi connectivity index (χ3v) is 7.13. The maximum absolute atomic E-state index is 12.9. The van der Waals surface area contributed by atoms with Crippen LogP contribution in [0.25, 0.3) is 0 Å². The Labute approximate surface area is 171 Å². The van der Waals surface area contributed by atoms with Crippen LogP contribution in [0, 0.1) is 11.8 Å². The summed E-state index contributed by atoms with van der Waals surface area (Å²) in [6, 6.07) is 4.42. The van der Waals surface area contributed by atoms with Crippen LogP contribution in [0.15, 0.2) is 23.1 Å². The molecule has 2 atom stereocenters. The third-order valence-electron chi connectivity index (χ3n) is 5.24. The first kappa shape index (κ1) is 21.6. The lowest BCUT2D eigenvalue weighted by atomic mass is 10.2. The van der Waals surface area contributed by atoms with Crippen molar-refractivity contribution in [3.05, 3.63) is 18.2 Å². The number of benzene rings is 1. The van der Waals surface area contributed by atoms with E-state index in [1.807, 2.05) is 6.92 Å². The molecule has 0 bridgehead atoms. The van der Waals surface area contributed by atoms with Crippen molar-refractivity contribution < 1.29 is 27.5 Å². The molecule has 0 radical (unpaired) electrons. The average molecular weight is 425 g/mol. The number of carbonyl (C=O) groups excluding carboxylic acids is 2. The minimum absolute atomic E-state index is 0.0990. The van der Waals surface area contributed by atoms with E-state index in [0.717, 1.165) is 25.7 Å². The Morgan fingerprint density at radius 3 is 2.52 bits per heavy atom. The summed E-state index contributed by atoms with van der Waals surface area (Å²) in [4.78, 5) is 24.1. The highest BCUT2D eigenvalue weighted by atomic mass is 32.2. The van der Waals surface area contributed by atoms with Crippen molar-refractivity contribution in [1.29, 1.82) is 0 Å². The predicted octanol–water partition coefficient (Wildman–Crippen LogP) is 2.40. The second-order valence-corrected chi connectivity index (χ2v) is 9.47. The number of amides is 1. The Bertz CT molecular complexity index is 864. The molecule has 1 aliphatic heterocycles. The predicted molar refractivity (Wildman–Crippen MR) is 107 cm³/mol. The monoisotopic (exact) mass is 424 g/mol. The Kier molecular flexibility index (Phi) is 6.79. The van der Waals surface area contributed by atoms with Crippen LogP contribution in [0.1, 0.15) is 39.5 Å². The van der Waals surface area contributed by atoms with Gasteiger partial charge in [-0.1, -0.05) is 13.3 Å². The first-order chi connectivity index (χ1) is 13.8. The molecule has 1 N–H and O–H groups in total. The van der Waals surface area contributed by atoms with Gasteiger partial charge in [-0.3, -0.25) is 9.59 Å². The van der Waals surface area contributed by atoms with Gasteiger partial charge in [0.15, 0.2) is 6.61 Å². The molecule has 1 aliphatic carbocycles. The van der Waals surface area contributed by atoms with Crippen LogP contribution in [0.3, 0.4) is 0 Å². The molecule has 2 aliphatic rings. The average Bonchev–Trinajstić information content (AvgIpc) is 3.45. The lowest BCUT2D eigenvalue weighted by molar-refractivity contribution is -0.148. The maximum Gasteiger partial charge on any atom is 0.309 e. The number of sulfonamides is 1. The number of rotatable bonds is 8. The zero-order valence-electron chi connectivity index (χ0n) is 16.8. The quantitative estimate of drug-likeness (QED) is 0.643. The fourth-order valence-corrected chi connectivity index (χ4v) is 4.93. The molecule has 1 aromatic rings. The first-order valence-electron chi connectivity index (χ1n) is 10.1. The highest BCUT2D eigenvalue weighted by molar-refractivity contribution is 7.89. The fourth-order valence-electron chi connectivity index (χ4n) is 3.38. The number of hydrogen-bond donors (Lipinski definition) is 1. The highest BCUT2D eigenvalue weighted by Crippen LogP contribution is 2.38. The molecule has 3 rings (SSSR count). The molecule has 1 heterocycles. The molecule has 1 saturated carbocycles. The van der Waals surface area contributed by atoms with Gasteiger partial charge < -0.3 is 14.8 Å². The molecule has 0 aromatic heterocycles.